The molecule has 0 saturated carbocycles. The Labute approximate surface area is 127 Å². The van der Waals surface area contributed by atoms with E-state index in [1.54, 1.807) is 20.4 Å². The summed E-state index contributed by atoms with van der Waals surface area (Å²) < 4.78 is 10.5. The van der Waals surface area contributed by atoms with Crippen LogP contribution in [0.15, 0.2) is 47.6 Å². The number of benzene rings is 2. The van der Waals surface area contributed by atoms with E-state index in [1.807, 2.05) is 42.5 Å². The minimum absolute atomic E-state index is 0.595. The Morgan fingerprint density at radius 1 is 1.09 bits per heavy atom. The number of ether oxygens (including phenoxy) is 2. The molecule has 2 N–H and O–H groups in total. The number of H-pyrrole nitrogens is 1. The Hall–Kier alpha value is -3.02. The van der Waals surface area contributed by atoms with E-state index >= 15 is 0 Å². The molecule has 0 radical (unpaired) electrons. The maximum atomic E-state index is 5.26. The molecule has 0 aliphatic carbocycles. The molecule has 0 fully saturated rings. The number of methoxy groups -OCH3 is 2. The zero-order valence-electron chi connectivity index (χ0n) is 12.3. The van der Waals surface area contributed by atoms with Gasteiger partial charge in [0.1, 0.15) is 0 Å². The van der Waals surface area contributed by atoms with Crippen molar-refractivity contribution in [1.82, 2.24) is 9.97 Å². The van der Waals surface area contributed by atoms with Crippen molar-refractivity contribution in [2.24, 2.45) is 5.10 Å². The van der Waals surface area contributed by atoms with Gasteiger partial charge in [-0.15, -0.1) is 0 Å². The van der Waals surface area contributed by atoms with Gasteiger partial charge in [-0.25, -0.2) is 10.4 Å². The summed E-state index contributed by atoms with van der Waals surface area (Å²) in [7, 11) is 3.21. The van der Waals surface area contributed by atoms with Crippen LogP contribution in [-0.2, 0) is 0 Å². The molecule has 1 aromatic heterocycles. The maximum absolute atomic E-state index is 5.26. The first kappa shape index (κ1) is 13.9. The van der Waals surface area contributed by atoms with Crippen LogP contribution in [0.2, 0.25) is 0 Å². The Kier molecular flexibility index (Phi) is 3.91. The molecular weight excluding hydrogens is 280 g/mol. The number of nitrogens with one attached hydrogen (secondary N) is 2. The number of hydrazone groups is 1. The third-order valence-electron chi connectivity index (χ3n) is 3.18. The van der Waals surface area contributed by atoms with Gasteiger partial charge in [0.25, 0.3) is 0 Å². The Bertz CT molecular complexity index is 778. The Balaban J connectivity index is 1.74. The molecule has 6 nitrogen and oxygen atoms in total. The largest absolute Gasteiger partial charge is 0.493 e. The molecular formula is C16H16N4O2. The molecule has 0 amide bonds. The van der Waals surface area contributed by atoms with Crippen LogP contribution in [0.1, 0.15) is 5.56 Å². The van der Waals surface area contributed by atoms with E-state index in [9.17, 15) is 0 Å². The molecule has 112 valence electrons. The van der Waals surface area contributed by atoms with E-state index in [4.69, 9.17) is 9.47 Å². The van der Waals surface area contributed by atoms with Gasteiger partial charge in [0.05, 0.1) is 31.5 Å². The lowest BCUT2D eigenvalue weighted by Crippen LogP contribution is -1.94. The number of fused-ring (bicyclic) bond motifs is 1. The zero-order chi connectivity index (χ0) is 15.4. The van der Waals surface area contributed by atoms with Gasteiger partial charge in [-0.2, -0.15) is 5.10 Å². The summed E-state index contributed by atoms with van der Waals surface area (Å²) in [5.41, 5.74) is 5.63. The van der Waals surface area contributed by atoms with Gasteiger partial charge in [-0.05, 0) is 35.9 Å². The molecule has 0 aliphatic rings. The molecule has 2 aromatic carbocycles. The molecule has 22 heavy (non-hydrogen) atoms. The van der Waals surface area contributed by atoms with Crippen LogP contribution < -0.4 is 14.9 Å². The molecule has 0 bridgehead atoms. The number of para-hydroxylation sites is 2. The smallest absolute Gasteiger partial charge is 0.222 e. The van der Waals surface area contributed by atoms with Gasteiger partial charge in [-0.1, -0.05) is 12.1 Å². The van der Waals surface area contributed by atoms with E-state index in [-0.39, 0.29) is 0 Å². The molecule has 1 heterocycles. The van der Waals surface area contributed by atoms with Gasteiger partial charge in [0.15, 0.2) is 11.5 Å². The highest BCUT2D eigenvalue weighted by molar-refractivity contribution is 5.82. The average Bonchev–Trinajstić information content (AvgIpc) is 2.97. The second-order valence-corrected chi connectivity index (χ2v) is 4.59. The van der Waals surface area contributed by atoms with Crippen molar-refractivity contribution in [2.45, 2.75) is 0 Å². The van der Waals surface area contributed by atoms with Crippen LogP contribution in [-0.4, -0.2) is 30.4 Å². The van der Waals surface area contributed by atoms with Crippen molar-refractivity contribution < 1.29 is 9.47 Å². The molecule has 3 aromatic rings. The third-order valence-corrected chi connectivity index (χ3v) is 3.18. The van der Waals surface area contributed by atoms with E-state index in [0.29, 0.717) is 17.4 Å². The van der Waals surface area contributed by atoms with Crippen molar-refractivity contribution in [3.05, 3.63) is 48.0 Å². The molecule has 0 saturated heterocycles. The first-order valence-corrected chi connectivity index (χ1v) is 6.76. The first-order chi connectivity index (χ1) is 10.8. The number of hydrogen-bond donors (Lipinski definition) is 2. The Morgan fingerprint density at radius 3 is 2.68 bits per heavy atom. The monoisotopic (exact) mass is 296 g/mol. The number of rotatable bonds is 5. The summed E-state index contributed by atoms with van der Waals surface area (Å²) in [4.78, 5) is 7.52. The fraction of sp³-hybridized carbons (Fsp3) is 0.125. The van der Waals surface area contributed by atoms with E-state index in [2.05, 4.69) is 20.5 Å². The second kappa shape index (κ2) is 6.17. The molecule has 0 spiro atoms. The quantitative estimate of drug-likeness (QED) is 0.561. The molecule has 0 unspecified atom stereocenters. The second-order valence-electron chi connectivity index (χ2n) is 4.59. The minimum atomic E-state index is 0.595. The third kappa shape index (κ3) is 2.85. The average molecular weight is 296 g/mol. The summed E-state index contributed by atoms with van der Waals surface area (Å²) in [5.74, 6) is 1.94. The van der Waals surface area contributed by atoms with E-state index in [1.165, 1.54) is 0 Å². The number of aromatic amines is 1. The lowest BCUT2D eigenvalue weighted by atomic mass is 10.2. The number of aromatic nitrogens is 2. The fourth-order valence-electron chi connectivity index (χ4n) is 2.11. The highest BCUT2D eigenvalue weighted by atomic mass is 16.5. The van der Waals surface area contributed by atoms with Gasteiger partial charge in [-0.3, -0.25) is 0 Å². The van der Waals surface area contributed by atoms with Gasteiger partial charge >= 0.3 is 0 Å². The fourth-order valence-corrected chi connectivity index (χ4v) is 2.11. The zero-order valence-corrected chi connectivity index (χ0v) is 12.3. The van der Waals surface area contributed by atoms with E-state index in [0.717, 1.165) is 16.6 Å². The SMILES string of the molecule is COc1ccc(C=NNc2nc3ccccc3[nH]2)cc1OC. The lowest BCUT2D eigenvalue weighted by molar-refractivity contribution is 0.355. The summed E-state index contributed by atoms with van der Waals surface area (Å²) in [5, 5.41) is 4.17. The number of imidazole rings is 1. The van der Waals surface area contributed by atoms with Gasteiger partial charge < -0.3 is 14.5 Å². The predicted molar refractivity (Wildman–Crippen MR) is 86.9 cm³/mol. The Morgan fingerprint density at radius 2 is 1.91 bits per heavy atom. The maximum Gasteiger partial charge on any atom is 0.222 e. The molecule has 6 heteroatoms. The minimum Gasteiger partial charge on any atom is -0.493 e. The van der Waals surface area contributed by atoms with Gasteiger partial charge in [0, 0.05) is 0 Å². The van der Waals surface area contributed by atoms with E-state index < -0.39 is 0 Å². The lowest BCUT2D eigenvalue weighted by Gasteiger charge is -2.07. The van der Waals surface area contributed by atoms with Crippen LogP contribution in [0.25, 0.3) is 11.0 Å². The van der Waals surface area contributed by atoms with Crippen molar-refractivity contribution in [2.75, 3.05) is 19.6 Å². The van der Waals surface area contributed by atoms with Crippen LogP contribution in [0.5, 0.6) is 11.5 Å². The predicted octanol–water partition coefficient (Wildman–Crippen LogP) is 3.03. The van der Waals surface area contributed by atoms with Crippen molar-refractivity contribution in [3.63, 3.8) is 0 Å². The van der Waals surface area contributed by atoms with Crippen molar-refractivity contribution >= 4 is 23.2 Å². The highest BCUT2D eigenvalue weighted by Gasteiger charge is 2.03. The van der Waals surface area contributed by atoms with Crippen LogP contribution in [0.4, 0.5) is 5.95 Å². The van der Waals surface area contributed by atoms with Crippen molar-refractivity contribution in [1.29, 1.82) is 0 Å². The highest BCUT2D eigenvalue weighted by Crippen LogP contribution is 2.26. The standard InChI is InChI=1S/C16H16N4O2/c1-21-14-8-7-11(9-15(14)22-2)10-17-20-16-18-12-5-3-4-6-13(12)19-16/h3-10H,1-2H3,(H2,18,19,20). The van der Waals surface area contributed by atoms with Crippen LogP contribution in [0.3, 0.4) is 0 Å². The van der Waals surface area contributed by atoms with Gasteiger partial charge in [0.2, 0.25) is 5.95 Å². The summed E-state index contributed by atoms with van der Waals surface area (Å²) >= 11 is 0. The van der Waals surface area contributed by atoms with Crippen LogP contribution >= 0.6 is 0 Å². The topological polar surface area (TPSA) is 71.5 Å². The van der Waals surface area contributed by atoms with Crippen molar-refractivity contribution in [3.8, 4) is 11.5 Å². The number of hydrogen-bond acceptors (Lipinski definition) is 5. The van der Waals surface area contributed by atoms with Crippen LogP contribution in [0, 0.1) is 0 Å². The summed E-state index contributed by atoms with van der Waals surface area (Å²) in [6.45, 7) is 0. The molecule has 0 atom stereocenters. The number of nitrogens with zero attached hydrogens (tertiary/aromatic N) is 2. The summed E-state index contributed by atoms with van der Waals surface area (Å²) in [6, 6.07) is 13.4. The number of anilines is 1. The molecule has 3 rings (SSSR count). The summed E-state index contributed by atoms with van der Waals surface area (Å²) in [6.07, 6.45) is 1.69. The first-order valence-electron chi connectivity index (χ1n) is 6.76. The normalized spacial score (nSPS) is 11.0. The molecule has 0 aliphatic heterocycles.